The zero-order chi connectivity index (χ0) is 15.6. The Labute approximate surface area is 133 Å². The smallest absolute Gasteiger partial charge is 0.142 e. The van der Waals surface area contributed by atoms with Crippen LogP contribution in [-0.2, 0) is 11.2 Å². The van der Waals surface area contributed by atoms with Gasteiger partial charge in [0.05, 0.1) is 11.6 Å². The molecule has 0 aromatic heterocycles. The van der Waals surface area contributed by atoms with E-state index in [1.54, 1.807) is 6.08 Å². The summed E-state index contributed by atoms with van der Waals surface area (Å²) in [6.45, 7) is 0. The topological polar surface area (TPSA) is 40.9 Å². The Bertz CT molecular complexity index is 516. The minimum absolute atomic E-state index is 0.625. The standard InChI is InChI=1S/C20H25NO/c21-16-20-13-11-18(12-14-20)5-2-1-4-17-7-9-19(10-8-17)6-3-15-22/h3,6,11-15,17,19H,1-2,4-5,7-10H2/t17-,19-. The van der Waals surface area contributed by atoms with E-state index in [1.807, 2.05) is 12.1 Å². The van der Waals surface area contributed by atoms with Gasteiger partial charge in [0.15, 0.2) is 0 Å². The summed E-state index contributed by atoms with van der Waals surface area (Å²) in [4.78, 5) is 10.3. The molecule has 116 valence electrons. The number of aldehydes is 1. The van der Waals surface area contributed by atoms with Gasteiger partial charge in [0.1, 0.15) is 6.29 Å². The molecule has 0 spiro atoms. The normalized spacial score (nSPS) is 21.6. The van der Waals surface area contributed by atoms with E-state index in [9.17, 15) is 4.79 Å². The first-order valence-corrected chi connectivity index (χ1v) is 8.43. The Morgan fingerprint density at radius 3 is 2.45 bits per heavy atom. The number of nitriles is 1. The number of hydrogen-bond donors (Lipinski definition) is 0. The van der Waals surface area contributed by atoms with E-state index in [2.05, 4.69) is 24.3 Å². The van der Waals surface area contributed by atoms with Crippen molar-refractivity contribution < 1.29 is 4.79 Å². The predicted molar refractivity (Wildman–Crippen MR) is 89.4 cm³/mol. The summed E-state index contributed by atoms with van der Waals surface area (Å²) < 4.78 is 0. The summed E-state index contributed by atoms with van der Waals surface area (Å²) in [5, 5.41) is 8.78. The highest BCUT2D eigenvalue weighted by molar-refractivity contribution is 5.64. The molecule has 0 saturated heterocycles. The summed E-state index contributed by atoms with van der Waals surface area (Å²) >= 11 is 0. The van der Waals surface area contributed by atoms with E-state index < -0.39 is 0 Å². The third-order valence-electron chi connectivity index (χ3n) is 4.76. The molecule has 0 atom stereocenters. The lowest BCUT2D eigenvalue weighted by molar-refractivity contribution is -0.104. The number of carbonyl (C=O) groups excluding carboxylic acids is 1. The number of allylic oxidation sites excluding steroid dienone is 2. The van der Waals surface area contributed by atoms with Crippen LogP contribution in [0.5, 0.6) is 0 Å². The SMILES string of the molecule is N#Cc1ccc(CCCC[C@H]2CC[C@H](C=CC=O)CC2)cc1. The van der Waals surface area contributed by atoms with E-state index in [1.165, 1.54) is 50.5 Å². The Kier molecular flexibility index (Phi) is 6.90. The fourth-order valence-corrected chi connectivity index (χ4v) is 3.38. The molecule has 0 unspecified atom stereocenters. The van der Waals surface area contributed by atoms with Gasteiger partial charge in [0, 0.05) is 0 Å². The largest absolute Gasteiger partial charge is 0.299 e. The second-order valence-electron chi connectivity index (χ2n) is 6.36. The number of rotatable bonds is 7. The monoisotopic (exact) mass is 295 g/mol. The van der Waals surface area contributed by atoms with Gasteiger partial charge in [-0.15, -0.1) is 0 Å². The quantitative estimate of drug-likeness (QED) is 0.410. The van der Waals surface area contributed by atoms with Crippen LogP contribution >= 0.6 is 0 Å². The first-order valence-electron chi connectivity index (χ1n) is 8.43. The first-order chi connectivity index (χ1) is 10.8. The summed E-state index contributed by atoms with van der Waals surface area (Å²) in [6, 6.07) is 10.1. The Morgan fingerprint density at radius 2 is 1.82 bits per heavy atom. The number of carbonyl (C=O) groups is 1. The van der Waals surface area contributed by atoms with Crippen LogP contribution in [0.1, 0.15) is 56.1 Å². The highest BCUT2D eigenvalue weighted by atomic mass is 16.1. The molecule has 1 aliphatic rings. The van der Waals surface area contributed by atoms with Crippen molar-refractivity contribution in [3.05, 3.63) is 47.5 Å². The van der Waals surface area contributed by atoms with Gasteiger partial charge in [-0.3, -0.25) is 4.79 Å². The van der Waals surface area contributed by atoms with Crippen LogP contribution < -0.4 is 0 Å². The van der Waals surface area contributed by atoms with Crippen LogP contribution in [0.15, 0.2) is 36.4 Å². The van der Waals surface area contributed by atoms with Gasteiger partial charge in [-0.2, -0.15) is 5.26 Å². The van der Waals surface area contributed by atoms with Crippen LogP contribution in [0, 0.1) is 23.2 Å². The maximum atomic E-state index is 10.3. The van der Waals surface area contributed by atoms with E-state index in [0.717, 1.165) is 24.2 Å². The number of nitrogens with zero attached hydrogens (tertiary/aromatic N) is 1. The molecule has 0 heterocycles. The molecule has 1 aliphatic carbocycles. The number of benzene rings is 1. The molecule has 22 heavy (non-hydrogen) atoms. The van der Waals surface area contributed by atoms with Crippen molar-refractivity contribution in [2.75, 3.05) is 0 Å². The van der Waals surface area contributed by atoms with Crippen LogP contribution in [0.4, 0.5) is 0 Å². The maximum Gasteiger partial charge on any atom is 0.142 e. The maximum absolute atomic E-state index is 10.3. The molecule has 1 aromatic carbocycles. The van der Waals surface area contributed by atoms with Crippen molar-refractivity contribution >= 4 is 6.29 Å². The van der Waals surface area contributed by atoms with Crippen LogP contribution in [0.2, 0.25) is 0 Å². The summed E-state index contributed by atoms with van der Waals surface area (Å²) in [5.74, 6) is 1.50. The van der Waals surface area contributed by atoms with Crippen molar-refractivity contribution in [1.29, 1.82) is 5.26 Å². The molecular formula is C20H25NO. The van der Waals surface area contributed by atoms with Crippen LogP contribution in [0.25, 0.3) is 0 Å². The van der Waals surface area contributed by atoms with Gasteiger partial charge < -0.3 is 0 Å². The Balaban J connectivity index is 1.60. The number of hydrogen-bond acceptors (Lipinski definition) is 2. The molecule has 2 nitrogen and oxygen atoms in total. The lowest BCUT2D eigenvalue weighted by atomic mass is 9.79. The van der Waals surface area contributed by atoms with E-state index >= 15 is 0 Å². The molecule has 0 aliphatic heterocycles. The fourth-order valence-electron chi connectivity index (χ4n) is 3.38. The first kappa shape index (κ1) is 16.5. The van der Waals surface area contributed by atoms with Gasteiger partial charge in [-0.05, 0) is 74.1 Å². The van der Waals surface area contributed by atoms with Crippen molar-refractivity contribution in [1.82, 2.24) is 0 Å². The molecular weight excluding hydrogens is 270 g/mol. The lowest BCUT2D eigenvalue weighted by Gasteiger charge is -2.26. The van der Waals surface area contributed by atoms with Crippen LogP contribution in [0.3, 0.4) is 0 Å². The Morgan fingerprint density at radius 1 is 1.09 bits per heavy atom. The lowest BCUT2D eigenvalue weighted by Crippen LogP contribution is -2.13. The molecule has 0 bridgehead atoms. The highest BCUT2D eigenvalue weighted by Gasteiger charge is 2.18. The van der Waals surface area contributed by atoms with Gasteiger partial charge in [0.2, 0.25) is 0 Å². The van der Waals surface area contributed by atoms with Gasteiger partial charge in [-0.25, -0.2) is 0 Å². The van der Waals surface area contributed by atoms with Crippen molar-refractivity contribution in [2.24, 2.45) is 11.8 Å². The van der Waals surface area contributed by atoms with E-state index in [4.69, 9.17) is 5.26 Å². The minimum atomic E-state index is 0.625. The average molecular weight is 295 g/mol. The summed E-state index contributed by atoms with van der Waals surface area (Å²) in [6.07, 6.45) is 14.7. The average Bonchev–Trinajstić information content (AvgIpc) is 2.58. The molecule has 1 fully saturated rings. The molecule has 1 aromatic rings. The summed E-state index contributed by atoms with van der Waals surface area (Å²) in [7, 11) is 0. The van der Waals surface area contributed by atoms with E-state index in [-0.39, 0.29) is 0 Å². The highest BCUT2D eigenvalue weighted by Crippen LogP contribution is 2.32. The number of unbranched alkanes of at least 4 members (excludes halogenated alkanes) is 1. The third kappa shape index (κ3) is 5.48. The minimum Gasteiger partial charge on any atom is -0.299 e. The Hall–Kier alpha value is -1.88. The van der Waals surface area contributed by atoms with Gasteiger partial charge in [-0.1, -0.05) is 31.1 Å². The van der Waals surface area contributed by atoms with E-state index in [0.29, 0.717) is 5.92 Å². The second kappa shape index (κ2) is 9.20. The molecule has 0 amide bonds. The van der Waals surface area contributed by atoms with Crippen molar-refractivity contribution in [2.45, 2.75) is 51.4 Å². The zero-order valence-corrected chi connectivity index (χ0v) is 13.2. The van der Waals surface area contributed by atoms with Gasteiger partial charge >= 0.3 is 0 Å². The number of aryl methyl sites for hydroxylation is 1. The zero-order valence-electron chi connectivity index (χ0n) is 13.2. The van der Waals surface area contributed by atoms with Crippen molar-refractivity contribution in [3.8, 4) is 6.07 Å². The summed E-state index contributed by atoms with van der Waals surface area (Å²) in [5.41, 5.74) is 2.07. The second-order valence-corrected chi connectivity index (χ2v) is 6.36. The third-order valence-corrected chi connectivity index (χ3v) is 4.76. The molecule has 0 radical (unpaired) electrons. The fraction of sp³-hybridized carbons (Fsp3) is 0.500. The molecule has 2 rings (SSSR count). The van der Waals surface area contributed by atoms with Crippen molar-refractivity contribution in [3.63, 3.8) is 0 Å². The van der Waals surface area contributed by atoms with Gasteiger partial charge in [0.25, 0.3) is 0 Å². The predicted octanol–water partition coefficient (Wildman–Crippen LogP) is 4.83. The molecule has 2 heteroatoms. The molecule has 1 saturated carbocycles. The molecule has 0 N–H and O–H groups in total. The van der Waals surface area contributed by atoms with Crippen LogP contribution in [-0.4, -0.2) is 6.29 Å².